The molecule has 128 valence electrons. The summed E-state index contributed by atoms with van der Waals surface area (Å²) in [5.74, 6) is -0.297. The first-order chi connectivity index (χ1) is 11.3. The molecule has 0 fully saturated rings. The maximum atomic E-state index is 12.1. The van der Waals surface area contributed by atoms with Gasteiger partial charge in [-0.3, -0.25) is 9.63 Å². The molecule has 1 amide bonds. The lowest BCUT2D eigenvalue weighted by atomic mass is 10.2. The van der Waals surface area contributed by atoms with E-state index >= 15 is 0 Å². The number of nitrogens with one attached hydrogen (secondary N) is 1. The lowest BCUT2D eigenvalue weighted by Gasteiger charge is -2.14. The van der Waals surface area contributed by atoms with Crippen LogP contribution in [0.3, 0.4) is 0 Å². The molecule has 0 spiro atoms. The van der Waals surface area contributed by atoms with Gasteiger partial charge in [0.2, 0.25) is 0 Å². The van der Waals surface area contributed by atoms with Gasteiger partial charge in [0.05, 0.1) is 12.0 Å². The summed E-state index contributed by atoms with van der Waals surface area (Å²) in [7, 11) is -1.17. The fraction of sp³-hybridized carbons (Fsp3) is 0.188. The Morgan fingerprint density at radius 3 is 2.25 bits per heavy atom. The molecule has 2 aromatic carbocycles. The van der Waals surface area contributed by atoms with Crippen molar-refractivity contribution in [1.29, 1.82) is 0 Å². The number of halogens is 1. The molecule has 8 heteroatoms. The van der Waals surface area contributed by atoms with E-state index in [1.807, 2.05) is 12.1 Å². The van der Waals surface area contributed by atoms with Crippen molar-refractivity contribution in [3.63, 3.8) is 0 Å². The molecule has 0 unspecified atom stereocenters. The van der Waals surface area contributed by atoms with Crippen LogP contribution in [0.15, 0.2) is 53.4 Å². The van der Waals surface area contributed by atoms with Gasteiger partial charge >= 0.3 is 0 Å². The van der Waals surface area contributed by atoms with Gasteiger partial charge in [-0.2, -0.15) is 0 Å². The second-order valence-electron chi connectivity index (χ2n) is 4.93. The quantitative estimate of drug-likeness (QED) is 0.795. The lowest BCUT2D eigenvalue weighted by Crippen LogP contribution is -2.26. The number of carbonyl (C=O) groups is 1. The molecule has 0 aromatic heterocycles. The Bertz CT molecular complexity index is 805. The minimum absolute atomic E-state index is 0.0427. The van der Waals surface area contributed by atoms with E-state index in [-0.39, 0.29) is 10.8 Å². The third-order valence-corrected chi connectivity index (χ3v) is 5.32. The number of hydrogen-bond acceptors (Lipinski definition) is 4. The van der Waals surface area contributed by atoms with Crippen molar-refractivity contribution in [2.45, 2.75) is 11.4 Å². The molecule has 0 saturated heterocycles. The third-order valence-electron chi connectivity index (χ3n) is 3.38. The van der Waals surface area contributed by atoms with Crippen LogP contribution in [0.2, 0.25) is 5.02 Å². The van der Waals surface area contributed by atoms with Gasteiger partial charge < -0.3 is 5.32 Å². The van der Waals surface area contributed by atoms with E-state index in [1.165, 1.54) is 38.4 Å². The maximum Gasteiger partial charge on any atom is 0.264 e. The first-order valence-corrected chi connectivity index (χ1v) is 8.82. The summed E-state index contributed by atoms with van der Waals surface area (Å²) in [6, 6.07) is 12.8. The van der Waals surface area contributed by atoms with Crippen LogP contribution in [-0.2, 0) is 21.4 Å². The molecular formula is C16H17ClN2O4S. The number of sulfonamides is 1. The number of rotatable bonds is 6. The summed E-state index contributed by atoms with van der Waals surface area (Å²) in [6.07, 6.45) is 0. The van der Waals surface area contributed by atoms with Gasteiger partial charge in [0, 0.05) is 24.2 Å². The van der Waals surface area contributed by atoms with E-state index in [2.05, 4.69) is 5.32 Å². The Morgan fingerprint density at radius 1 is 1.12 bits per heavy atom. The molecule has 0 radical (unpaired) electrons. The molecule has 1 N–H and O–H groups in total. The molecule has 2 aromatic rings. The topological polar surface area (TPSA) is 75.7 Å². The molecule has 0 bridgehead atoms. The van der Waals surface area contributed by atoms with Gasteiger partial charge in [-0.15, -0.1) is 0 Å². The summed E-state index contributed by atoms with van der Waals surface area (Å²) in [5, 5.41) is 3.39. The summed E-state index contributed by atoms with van der Waals surface area (Å²) < 4.78 is 24.9. The SMILES string of the molecule is CON(C)S(=O)(=O)c1ccc(C(=O)NCc2ccc(Cl)cc2)cc1. The van der Waals surface area contributed by atoms with Gasteiger partial charge in [0.15, 0.2) is 0 Å². The summed E-state index contributed by atoms with van der Waals surface area (Å²) in [6.45, 7) is 0.350. The fourth-order valence-electron chi connectivity index (χ4n) is 1.91. The largest absolute Gasteiger partial charge is 0.348 e. The smallest absolute Gasteiger partial charge is 0.264 e. The van der Waals surface area contributed by atoms with Gasteiger partial charge in [0.25, 0.3) is 15.9 Å². The van der Waals surface area contributed by atoms with Gasteiger partial charge in [-0.1, -0.05) is 28.2 Å². The van der Waals surface area contributed by atoms with E-state index < -0.39 is 10.0 Å². The molecule has 0 aliphatic rings. The van der Waals surface area contributed by atoms with Crippen LogP contribution in [-0.4, -0.2) is 33.0 Å². The van der Waals surface area contributed by atoms with Crippen LogP contribution in [0.25, 0.3) is 0 Å². The van der Waals surface area contributed by atoms with E-state index in [0.717, 1.165) is 10.0 Å². The predicted octanol–water partition coefficient (Wildman–Crippen LogP) is 2.45. The number of nitrogens with zero attached hydrogens (tertiary/aromatic N) is 1. The van der Waals surface area contributed by atoms with Gasteiger partial charge in [-0.05, 0) is 42.0 Å². The predicted molar refractivity (Wildman–Crippen MR) is 91.0 cm³/mol. The minimum Gasteiger partial charge on any atom is -0.348 e. The fourth-order valence-corrected chi connectivity index (χ4v) is 3.01. The Morgan fingerprint density at radius 2 is 1.71 bits per heavy atom. The highest BCUT2D eigenvalue weighted by Gasteiger charge is 2.20. The van der Waals surface area contributed by atoms with Crippen molar-refractivity contribution in [3.8, 4) is 0 Å². The third kappa shape index (κ3) is 4.33. The number of amides is 1. The van der Waals surface area contributed by atoms with Crippen LogP contribution in [0.1, 0.15) is 15.9 Å². The van der Waals surface area contributed by atoms with Gasteiger partial charge in [0.1, 0.15) is 0 Å². The average molecular weight is 369 g/mol. The second-order valence-corrected chi connectivity index (χ2v) is 7.30. The normalized spacial score (nSPS) is 11.5. The van der Waals surface area contributed by atoms with E-state index in [9.17, 15) is 13.2 Å². The molecular weight excluding hydrogens is 352 g/mol. The van der Waals surface area contributed by atoms with E-state index in [4.69, 9.17) is 16.4 Å². The van der Waals surface area contributed by atoms with Crippen molar-refractivity contribution in [2.24, 2.45) is 0 Å². The first kappa shape index (κ1) is 18.4. The standard InChI is InChI=1S/C16H17ClN2O4S/c1-19(23-2)24(21,22)15-9-5-13(6-10-15)16(20)18-11-12-3-7-14(17)8-4-12/h3-10H,11H2,1-2H3,(H,18,20). The molecule has 0 aliphatic carbocycles. The molecule has 0 aliphatic heterocycles. The summed E-state index contributed by atoms with van der Waals surface area (Å²) >= 11 is 5.81. The average Bonchev–Trinajstić information content (AvgIpc) is 2.60. The van der Waals surface area contributed by atoms with Gasteiger partial charge in [-0.25, -0.2) is 8.42 Å². The molecule has 24 heavy (non-hydrogen) atoms. The van der Waals surface area contributed by atoms with Crippen molar-refractivity contribution in [3.05, 3.63) is 64.7 Å². The highest BCUT2D eigenvalue weighted by Crippen LogP contribution is 2.15. The Balaban J connectivity index is 2.05. The monoisotopic (exact) mass is 368 g/mol. The molecule has 6 nitrogen and oxygen atoms in total. The zero-order chi connectivity index (χ0) is 17.7. The van der Waals surface area contributed by atoms with Crippen LogP contribution in [0, 0.1) is 0 Å². The maximum absolute atomic E-state index is 12.1. The number of hydroxylamine groups is 1. The second kappa shape index (κ2) is 7.76. The zero-order valence-corrected chi connectivity index (χ0v) is 14.8. The van der Waals surface area contributed by atoms with Crippen molar-refractivity contribution in [1.82, 2.24) is 9.79 Å². The number of benzene rings is 2. The van der Waals surface area contributed by atoms with Crippen molar-refractivity contribution in [2.75, 3.05) is 14.2 Å². The molecule has 2 rings (SSSR count). The lowest BCUT2D eigenvalue weighted by molar-refractivity contribution is -0.0258. The highest BCUT2D eigenvalue weighted by molar-refractivity contribution is 7.89. The summed E-state index contributed by atoms with van der Waals surface area (Å²) in [4.78, 5) is 16.9. The van der Waals surface area contributed by atoms with Crippen LogP contribution in [0.5, 0.6) is 0 Å². The Hall–Kier alpha value is -1.93. The highest BCUT2D eigenvalue weighted by atomic mass is 35.5. The first-order valence-electron chi connectivity index (χ1n) is 7.00. The van der Waals surface area contributed by atoms with E-state index in [1.54, 1.807) is 12.1 Å². The Labute approximate surface area is 146 Å². The van der Waals surface area contributed by atoms with Crippen molar-refractivity contribution >= 4 is 27.5 Å². The van der Waals surface area contributed by atoms with Crippen LogP contribution in [0.4, 0.5) is 0 Å². The van der Waals surface area contributed by atoms with Crippen LogP contribution < -0.4 is 5.32 Å². The van der Waals surface area contributed by atoms with Crippen molar-refractivity contribution < 1.29 is 18.0 Å². The minimum atomic E-state index is -3.72. The molecule has 0 heterocycles. The zero-order valence-electron chi connectivity index (χ0n) is 13.2. The van der Waals surface area contributed by atoms with Crippen LogP contribution >= 0.6 is 11.6 Å². The number of hydrogen-bond donors (Lipinski definition) is 1. The van der Waals surface area contributed by atoms with E-state index in [0.29, 0.717) is 17.1 Å². The Kier molecular flexibility index (Phi) is 5.95. The number of carbonyl (C=O) groups excluding carboxylic acids is 1. The molecule has 0 atom stereocenters. The summed E-state index contributed by atoms with van der Waals surface area (Å²) in [5.41, 5.74) is 1.27. The molecule has 0 saturated carbocycles.